The molecule has 1 N–H and O–H groups in total. The van der Waals surface area contributed by atoms with Gasteiger partial charge in [-0.3, -0.25) is 4.99 Å². The molecule has 0 aromatic rings. The Balaban J connectivity index is 0.00000288. The molecule has 6 heteroatoms. The number of rotatable bonds is 10. The first-order chi connectivity index (χ1) is 11.2. The minimum absolute atomic E-state index is 0. The Morgan fingerprint density at radius 2 is 1.83 bits per heavy atom. The Bertz CT molecular complexity index is 357. The molecule has 0 aromatic heterocycles. The lowest BCUT2D eigenvalue weighted by Gasteiger charge is -2.25. The molecule has 2 fully saturated rings. The number of ether oxygens (including phenoxy) is 1. The van der Waals surface area contributed by atoms with Gasteiger partial charge in [-0.15, -0.1) is 24.0 Å². The van der Waals surface area contributed by atoms with Gasteiger partial charge in [0, 0.05) is 39.3 Å². The number of guanidine groups is 1. The van der Waals surface area contributed by atoms with Crippen LogP contribution in [0.2, 0.25) is 0 Å². The van der Waals surface area contributed by atoms with Crippen LogP contribution in [0.25, 0.3) is 0 Å². The van der Waals surface area contributed by atoms with E-state index in [-0.39, 0.29) is 24.0 Å². The van der Waals surface area contributed by atoms with Gasteiger partial charge in [-0.2, -0.15) is 0 Å². The number of halogens is 1. The summed E-state index contributed by atoms with van der Waals surface area (Å²) < 4.78 is 5.73. The van der Waals surface area contributed by atoms with Crippen molar-refractivity contribution < 1.29 is 4.74 Å². The molecule has 0 bridgehead atoms. The number of hydrogen-bond donors (Lipinski definition) is 1. The maximum Gasteiger partial charge on any atom is 0.193 e. The Kier molecular flexibility index (Phi) is 11.3. The summed E-state index contributed by atoms with van der Waals surface area (Å²) >= 11 is 0. The van der Waals surface area contributed by atoms with Crippen LogP contribution in [-0.2, 0) is 4.74 Å². The maximum absolute atomic E-state index is 5.73. The van der Waals surface area contributed by atoms with Crippen LogP contribution in [0.15, 0.2) is 4.99 Å². The van der Waals surface area contributed by atoms with Crippen molar-refractivity contribution in [2.24, 2.45) is 10.9 Å². The number of nitrogens with one attached hydrogen (secondary N) is 1. The van der Waals surface area contributed by atoms with Crippen LogP contribution in [-0.4, -0.2) is 75.3 Å². The third-order valence-corrected chi connectivity index (χ3v) is 4.98. The molecule has 0 spiro atoms. The van der Waals surface area contributed by atoms with Gasteiger partial charge in [-0.25, -0.2) is 0 Å². The van der Waals surface area contributed by atoms with Gasteiger partial charge in [0.15, 0.2) is 5.96 Å². The number of likely N-dealkylation sites (N-methyl/N-ethyl adjacent to an activating group) is 2. The third-order valence-electron chi connectivity index (χ3n) is 4.98. The molecular weight excluding hydrogens is 415 g/mol. The van der Waals surface area contributed by atoms with Crippen LogP contribution in [0, 0.1) is 5.92 Å². The monoisotopic (exact) mass is 452 g/mol. The average Bonchev–Trinajstić information content (AvgIpc) is 3.20. The van der Waals surface area contributed by atoms with Crippen LogP contribution in [0.5, 0.6) is 0 Å². The number of aliphatic imine (C=N–C) groups is 1. The summed E-state index contributed by atoms with van der Waals surface area (Å²) in [5, 5.41) is 3.39. The number of nitrogens with zero attached hydrogens (tertiary/aromatic N) is 3. The predicted molar refractivity (Wildman–Crippen MR) is 112 cm³/mol. The summed E-state index contributed by atoms with van der Waals surface area (Å²) in [5.41, 5.74) is 0. The van der Waals surface area contributed by atoms with Gasteiger partial charge in [0.25, 0.3) is 0 Å². The molecule has 0 radical (unpaired) electrons. The highest BCUT2D eigenvalue weighted by atomic mass is 127. The smallest absolute Gasteiger partial charge is 0.193 e. The molecule has 0 atom stereocenters. The fourth-order valence-corrected chi connectivity index (χ4v) is 3.15. The summed E-state index contributed by atoms with van der Waals surface area (Å²) in [4.78, 5) is 9.46. The first kappa shape index (κ1) is 22.0. The lowest BCUT2D eigenvalue weighted by molar-refractivity contribution is 0.115. The molecule has 2 aliphatic carbocycles. The Hall–Kier alpha value is -0.0800. The van der Waals surface area contributed by atoms with Gasteiger partial charge < -0.3 is 19.9 Å². The lowest BCUT2D eigenvalue weighted by Crippen LogP contribution is -2.41. The van der Waals surface area contributed by atoms with Crippen molar-refractivity contribution >= 4 is 29.9 Å². The van der Waals surface area contributed by atoms with Crippen molar-refractivity contribution in [2.45, 2.75) is 51.5 Å². The van der Waals surface area contributed by atoms with Crippen molar-refractivity contribution in [3.8, 4) is 0 Å². The van der Waals surface area contributed by atoms with Gasteiger partial charge in [0.1, 0.15) is 0 Å². The van der Waals surface area contributed by atoms with E-state index in [0.717, 1.165) is 57.3 Å². The molecule has 2 saturated carbocycles. The zero-order chi connectivity index (χ0) is 16.5. The molecule has 5 nitrogen and oxygen atoms in total. The zero-order valence-corrected chi connectivity index (χ0v) is 18.1. The molecule has 0 aliphatic heterocycles. The minimum Gasteiger partial charge on any atom is -0.379 e. The van der Waals surface area contributed by atoms with E-state index >= 15 is 0 Å². The van der Waals surface area contributed by atoms with Crippen LogP contribution in [0.1, 0.15) is 45.4 Å². The van der Waals surface area contributed by atoms with E-state index in [1.165, 1.54) is 38.5 Å². The van der Waals surface area contributed by atoms with Gasteiger partial charge in [0.2, 0.25) is 0 Å². The van der Waals surface area contributed by atoms with Crippen LogP contribution in [0.4, 0.5) is 0 Å². The normalized spacial score (nSPS) is 18.8. The van der Waals surface area contributed by atoms with Gasteiger partial charge in [-0.05, 0) is 45.6 Å². The molecule has 2 aliphatic rings. The van der Waals surface area contributed by atoms with E-state index < -0.39 is 0 Å². The largest absolute Gasteiger partial charge is 0.379 e. The number of hydrogen-bond acceptors (Lipinski definition) is 3. The molecule has 0 amide bonds. The summed E-state index contributed by atoms with van der Waals surface area (Å²) in [5.74, 6) is 1.84. The Labute approximate surface area is 165 Å². The summed E-state index contributed by atoms with van der Waals surface area (Å²) in [7, 11) is 4.34. The van der Waals surface area contributed by atoms with Crippen molar-refractivity contribution in [1.29, 1.82) is 0 Å². The van der Waals surface area contributed by atoms with E-state index in [4.69, 9.17) is 9.73 Å². The molecule has 0 saturated heterocycles. The molecule has 142 valence electrons. The molecule has 0 heterocycles. The van der Waals surface area contributed by atoms with Gasteiger partial charge in [0.05, 0.1) is 13.2 Å². The van der Waals surface area contributed by atoms with E-state index in [2.05, 4.69) is 36.1 Å². The fraction of sp³-hybridized carbons (Fsp3) is 0.944. The Morgan fingerprint density at radius 1 is 1.12 bits per heavy atom. The van der Waals surface area contributed by atoms with Crippen LogP contribution < -0.4 is 5.32 Å². The highest BCUT2D eigenvalue weighted by Crippen LogP contribution is 2.28. The van der Waals surface area contributed by atoms with E-state index in [9.17, 15) is 0 Å². The van der Waals surface area contributed by atoms with Crippen molar-refractivity contribution in [2.75, 3.05) is 53.5 Å². The van der Waals surface area contributed by atoms with Crippen LogP contribution in [0.3, 0.4) is 0 Å². The second-order valence-electron chi connectivity index (χ2n) is 7.09. The topological polar surface area (TPSA) is 40.1 Å². The molecule has 0 unspecified atom stereocenters. The SMILES string of the molecule is CCNC(=NCCN(C)C1CCCC1)N(C)CCOCC1CC1.I. The molecular formula is C18H37IN4O. The minimum atomic E-state index is 0. The average molecular weight is 452 g/mol. The fourth-order valence-electron chi connectivity index (χ4n) is 3.15. The van der Waals surface area contributed by atoms with Gasteiger partial charge >= 0.3 is 0 Å². The highest BCUT2D eigenvalue weighted by molar-refractivity contribution is 14.0. The third kappa shape index (κ3) is 8.34. The zero-order valence-electron chi connectivity index (χ0n) is 15.8. The van der Waals surface area contributed by atoms with E-state index in [1.54, 1.807) is 0 Å². The first-order valence-electron chi connectivity index (χ1n) is 9.48. The lowest BCUT2D eigenvalue weighted by atomic mass is 10.2. The van der Waals surface area contributed by atoms with Gasteiger partial charge in [-0.1, -0.05) is 12.8 Å². The summed E-state index contributed by atoms with van der Waals surface area (Å²) in [6, 6.07) is 0.779. The Morgan fingerprint density at radius 3 is 2.46 bits per heavy atom. The van der Waals surface area contributed by atoms with Crippen molar-refractivity contribution in [3.05, 3.63) is 0 Å². The standard InChI is InChI=1S/C18H36N4O.HI/c1-4-19-18(22(3)13-14-23-15-16-9-10-16)20-11-12-21(2)17-7-5-6-8-17;/h16-17H,4-15H2,1-3H3,(H,19,20);1H. The van der Waals surface area contributed by atoms with Crippen LogP contribution >= 0.6 is 24.0 Å². The second-order valence-corrected chi connectivity index (χ2v) is 7.09. The van der Waals surface area contributed by atoms with E-state index in [1.807, 2.05) is 0 Å². The molecule has 2 rings (SSSR count). The van der Waals surface area contributed by atoms with Crippen molar-refractivity contribution in [1.82, 2.24) is 15.1 Å². The quantitative estimate of drug-likeness (QED) is 0.240. The second kappa shape index (κ2) is 12.3. The summed E-state index contributed by atoms with van der Waals surface area (Å²) in [6.07, 6.45) is 8.22. The molecule has 0 aromatic carbocycles. The van der Waals surface area contributed by atoms with E-state index in [0.29, 0.717) is 0 Å². The van der Waals surface area contributed by atoms with Crippen molar-refractivity contribution in [3.63, 3.8) is 0 Å². The predicted octanol–water partition coefficient (Wildman–Crippen LogP) is 2.80. The first-order valence-corrected chi connectivity index (χ1v) is 9.48. The molecule has 24 heavy (non-hydrogen) atoms. The maximum atomic E-state index is 5.73. The summed E-state index contributed by atoms with van der Waals surface area (Å²) in [6.45, 7) is 7.57. The highest BCUT2D eigenvalue weighted by Gasteiger charge is 2.21.